The molecule has 2 rings (SSSR count). The smallest absolute Gasteiger partial charge is 0.104 e. The zero-order valence-corrected chi connectivity index (χ0v) is 9.59. The van der Waals surface area contributed by atoms with Crippen molar-refractivity contribution in [3.63, 3.8) is 0 Å². The van der Waals surface area contributed by atoms with Crippen molar-refractivity contribution < 1.29 is 5.11 Å². The van der Waals surface area contributed by atoms with Gasteiger partial charge in [-0.15, -0.1) is 0 Å². The van der Waals surface area contributed by atoms with Gasteiger partial charge in [0.15, 0.2) is 0 Å². The molecule has 0 saturated heterocycles. The van der Waals surface area contributed by atoms with Crippen LogP contribution in [0.2, 0.25) is 0 Å². The molecule has 0 amide bonds. The number of benzene rings is 2. The monoisotopic (exact) mass is 223 g/mol. The number of hydrogen-bond acceptors (Lipinski definition) is 2. The quantitative estimate of drug-likeness (QED) is 0.850. The van der Waals surface area contributed by atoms with Crippen molar-refractivity contribution in [2.75, 3.05) is 0 Å². The molecule has 2 aromatic carbocycles. The third-order valence-corrected chi connectivity index (χ3v) is 2.72. The van der Waals surface area contributed by atoms with Gasteiger partial charge in [0.2, 0.25) is 0 Å². The Morgan fingerprint density at radius 1 is 1.06 bits per heavy atom. The van der Waals surface area contributed by atoms with Crippen molar-refractivity contribution in [1.29, 1.82) is 5.26 Å². The first-order valence-corrected chi connectivity index (χ1v) is 5.45. The van der Waals surface area contributed by atoms with Crippen molar-refractivity contribution in [2.24, 2.45) is 0 Å². The molecule has 0 radical (unpaired) electrons. The summed E-state index contributed by atoms with van der Waals surface area (Å²) >= 11 is 0. The van der Waals surface area contributed by atoms with Crippen molar-refractivity contribution in [1.82, 2.24) is 0 Å². The second-order valence-corrected chi connectivity index (χ2v) is 4.05. The molecule has 0 fully saturated rings. The van der Waals surface area contributed by atoms with Gasteiger partial charge in [-0.1, -0.05) is 42.0 Å². The van der Waals surface area contributed by atoms with Gasteiger partial charge in [0, 0.05) is 0 Å². The van der Waals surface area contributed by atoms with E-state index in [4.69, 9.17) is 5.26 Å². The average Bonchev–Trinajstić information content (AvgIpc) is 2.39. The van der Waals surface area contributed by atoms with Crippen molar-refractivity contribution in [3.8, 4) is 6.07 Å². The average molecular weight is 223 g/mol. The fraction of sp³-hybridized carbons (Fsp3) is 0.133. The lowest BCUT2D eigenvalue weighted by atomic mass is 9.99. The van der Waals surface area contributed by atoms with Gasteiger partial charge in [-0.3, -0.25) is 0 Å². The Labute approximate surface area is 101 Å². The normalized spacial score (nSPS) is 11.8. The molecule has 1 unspecified atom stereocenters. The molecule has 2 heteroatoms. The summed E-state index contributed by atoms with van der Waals surface area (Å²) in [6.45, 7) is 2.01. The zero-order valence-electron chi connectivity index (χ0n) is 9.59. The van der Waals surface area contributed by atoms with Gasteiger partial charge in [-0.2, -0.15) is 5.26 Å². The molecule has 0 bridgehead atoms. The lowest BCUT2D eigenvalue weighted by Crippen LogP contribution is -1.99. The maximum Gasteiger partial charge on any atom is 0.104 e. The number of aliphatic hydroxyl groups is 1. The number of hydrogen-bond donors (Lipinski definition) is 1. The Morgan fingerprint density at radius 3 is 2.41 bits per heavy atom. The number of aryl methyl sites for hydroxylation is 1. The van der Waals surface area contributed by atoms with Crippen LogP contribution in [-0.4, -0.2) is 5.11 Å². The second kappa shape index (κ2) is 4.82. The maximum absolute atomic E-state index is 10.2. The lowest BCUT2D eigenvalue weighted by Gasteiger charge is -2.11. The number of rotatable bonds is 2. The molecular weight excluding hydrogens is 210 g/mol. The summed E-state index contributed by atoms with van der Waals surface area (Å²) in [5.74, 6) is 0. The fourth-order valence-electron chi connectivity index (χ4n) is 1.72. The van der Waals surface area contributed by atoms with E-state index in [0.717, 1.165) is 16.7 Å². The fourth-order valence-corrected chi connectivity index (χ4v) is 1.72. The molecule has 0 aliphatic heterocycles. The number of aliphatic hydroxyl groups excluding tert-OH is 1. The van der Waals surface area contributed by atoms with Gasteiger partial charge in [-0.05, 0) is 30.2 Å². The summed E-state index contributed by atoms with van der Waals surface area (Å²) in [5.41, 5.74) is 3.30. The Bertz CT molecular complexity index is 552. The Kier molecular flexibility index (Phi) is 3.22. The molecule has 84 valence electrons. The number of nitriles is 1. The summed E-state index contributed by atoms with van der Waals surface area (Å²) < 4.78 is 0. The highest BCUT2D eigenvalue weighted by Crippen LogP contribution is 2.22. The summed E-state index contributed by atoms with van der Waals surface area (Å²) in [6, 6.07) is 16.9. The minimum Gasteiger partial charge on any atom is -0.384 e. The first-order chi connectivity index (χ1) is 8.20. The van der Waals surface area contributed by atoms with Gasteiger partial charge in [0.1, 0.15) is 6.10 Å². The predicted octanol–water partition coefficient (Wildman–Crippen LogP) is 2.95. The molecule has 1 atom stereocenters. The summed E-state index contributed by atoms with van der Waals surface area (Å²) in [6.07, 6.45) is -0.677. The van der Waals surface area contributed by atoms with E-state index in [0.29, 0.717) is 5.56 Å². The maximum atomic E-state index is 10.2. The van der Waals surface area contributed by atoms with Crippen LogP contribution >= 0.6 is 0 Å². The first kappa shape index (κ1) is 11.4. The number of nitrogens with zero attached hydrogens (tertiary/aromatic N) is 1. The van der Waals surface area contributed by atoms with Crippen molar-refractivity contribution >= 4 is 0 Å². The van der Waals surface area contributed by atoms with E-state index in [-0.39, 0.29) is 0 Å². The van der Waals surface area contributed by atoms with E-state index in [1.54, 1.807) is 18.2 Å². The summed E-state index contributed by atoms with van der Waals surface area (Å²) in [7, 11) is 0. The van der Waals surface area contributed by atoms with Crippen LogP contribution in [0.25, 0.3) is 0 Å². The van der Waals surface area contributed by atoms with Crippen LogP contribution < -0.4 is 0 Å². The van der Waals surface area contributed by atoms with E-state index < -0.39 is 6.10 Å². The van der Waals surface area contributed by atoms with E-state index in [1.165, 1.54) is 0 Å². The van der Waals surface area contributed by atoms with Gasteiger partial charge in [0.05, 0.1) is 11.6 Å². The molecule has 0 aliphatic rings. The molecule has 2 aromatic rings. The molecule has 0 heterocycles. The molecule has 17 heavy (non-hydrogen) atoms. The molecule has 0 spiro atoms. The standard InChI is InChI=1S/C15H13NO/c1-11-5-7-13(8-6-11)15(17)14-4-2-3-12(9-14)10-16/h2-9,15,17H,1H3. The van der Waals surface area contributed by atoms with Crippen molar-refractivity contribution in [2.45, 2.75) is 13.0 Å². The summed E-state index contributed by atoms with van der Waals surface area (Å²) in [5, 5.41) is 19.0. The van der Waals surface area contributed by atoms with Crippen LogP contribution in [0.5, 0.6) is 0 Å². The van der Waals surface area contributed by atoms with E-state index in [2.05, 4.69) is 6.07 Å². The van der Waals surface area contributed by atoms with Gasteiger partial charge in [0.25, 0.3) is 0 Å². The predicted molar refractivity (Wildman–Crippen MR) is 66.4 cm³/mol. The third-order valence-electron chi connectivity index (χ3n) is 2.72. The van der Waals surface area contributed by atoms with E-state index in [1.807, 2.05) is 37.3 Å². The highest BCUT2D eigenvalue weighted by atomic mass is 16.3. The van der Waals surface area contributed by atoms with Crippen LogP contribution in [-0.2, 0) is 0 Å². The van der Waals surface area contributed by atoms with E-state index >= 15 is 0 Å². The van der Waals surface area contributed by atoms with E-state index in [9.17, 15) is 5.11 Å². The largest absolute Gasteiger partial charge is 0.384 e. The van der Waals surface area contributed by atoms with Crippen LogP contribution in [0.15, 0.2) is 48.5 Å². The van der Waals surface area contributed by atoms with Crippen LogP contribution in [0.3, 0.4) is 0 Å². The molecule has 0 saturated carbocycles. The van der Waals surface area contributed by atoms with Gasteiger partial charge in [-0.25, -0.2) is 0 Å². The van der Waals surface area contributed by atoms with Crippen LogP contribution in [0.1, 0.15) is 28.4 Å². The molecule has 0 aromatic heterocycles. The summed E-state index contributed by atoms with van der Waals surface area (Å²) in [4.78, 5) is 0. The molecular formula is C15H13NO. The van der Waals surface area contributed by atoms with Gasteiger partial charge >= 0.3 is 0 Å². The Hall–Kier alpha value is -2.11. The molecule has 0 aliphatic carbocycles. The Balaban J connectivity index is 2.33. The van der Waals surface area contributed by atoms with Crippen LogP contribution in [0, 0.1) is 18.3 Å². The van der Waals surface area contributed by atoms with Crippen molar-refractivity contribution in [3.05, 3.63) is 70.8 Å². The molecule has 2 nitrogen and oxygen atoms in total. The highest BCUT2D eigenvalue weighted by Gasteiger charge is 2.10. The third kappa shape index (κ3) is 2.52. The minimum atomic E-state index is -0.677. The lowest BCUT2D eigenvalue weighted by molar-refractivity contribution is 0.220. The first-order valence-electron chi connectivity index (χ1n) is 5.45. The second-order valence-electron chi connectivity index (χ2n) is 4.05. The topological polar surface area (TPSA) is 44.0 Å². The zero-order chi connectivity index (χ0) is 12.3. The molecule has 1 N–H and O–H groups in total. The van der Waals surface area contributed by atoms with Crippen LogP contribution in [0.4, 0.5) is 0 Å². The highest BCUT2D eigenvalue weighted by molar-refractivity contribution is 5.37. The SMILES string of the molecule is Cc1ccc(C(O)c2cccc(C#N)c2)cc1. The minimum absolute atomic E-state index is 0.564. The Morgan fingerprint density at radius 2 is 1.76 bits per heavy atom. The van der Waals surface area contributed by atoms with Gasteiger partial charge < -0.3 is 5.11 Å².